The van der Waals surface area contributed by atoms with E-state index in [0.29, 0.717) is 30.4 Å². The first-order chi connectivity index (χ1) is 14.4. The minimum Gasteiger partial charge on any atom is -0.487 e. The SMILES string of the molecule is CC(C)(F)CN1CC2C(COc3c(F)cc(C4=CCN(S(C)(=O)=O)CC4)cc3F)[C@@H]2C1. The van der Waals surface area contributed by atoms with Gasteiger partial charge in [0.1, 0.15) is 5.67 Å². The van der Waals surface area contributed by atoms with Crippen molar-refractivity contribution < 1.29 is 26.3 Å². The molecule has 0 bridgehead atoms. The first-order valence-corrected chi connectivity index (χ1v) is 12.4. The van der Waals surface area contributed by atoms with Gasteiger partial charge < -0.3 is 4.74 Å². The Kier molecular flexibility index (Phi) is 5.89. The Morgan fingerprint density at radius 2 is 1.77 bits per heavy atom. The van der Waals surface area contributed by atoms with Gasteiger partial charge in [-0.05, 0) is 55.4 Å². The van der Waals surface area contributed by atoms with E-state index in [4.69, 9.17) is 4.74 Å². The van der Waals surface area contributed by atoms with E-state index in [-0.39, 0.29) is 31.4 Å². The summed E-state index contributed by atoms with van der Waals surface area (Å²) in [5.74, 6) is -0.831. The molecule has 4 rings (SSSR count). The number of sulfonamides is 1. The van der Waals surface area contributed by atoms with Crippen LogP contribution in [0.1, 0.15) is 25.8 Å². The van der Waals surface area contributed by atoms with Crippen LogP contribution in [-0.4, -0.2) is 68.9 Å². The molecule has 0 aromatic heterocycles. The molecule has 5 nitrogen and oxygen atoms in total. The topological polar surface area (TPSA) is 49.9 Å². The first kappa shape index (κ1) is 22.6. The summed E-state index contributed by atoms with van der Waals surface area (Å²) < 4.78 is 73.0. The number of rotatable bonds is 7. The van der Waals surface area contributed by atoms with Crippen LogP contribution in [0.15, 0.2) is 18.2 Å². The number of alkyl halides is 1. The second-order valence-electron chi connectivity index (χ2n) is 9.58. The summed E-state index contributed by atoms with van der Waals surface area (Å²) in [5.41, 5.74) is -0.103. The van der Waals surface area contributed by atoms with Gasteiger partial charge in [0, 0.05) is 38.6 Å². The lowest BCUT2D eigenvalue weighted by molar-refractivity contribution is 0.126. The molecule has 3 atom stereocenters. The van der Waals surface area contributed by atoms with Crippen molar-refractivity contribution in [3.63, 3.8) is 0 Å². The number of halogens is 3. The molecule has 1 saturated carbocycles. The van der Waals surface area contributed by atoms with Gasteiger partial charge in [0.25, 0.3) is 0 Å². The number of piperidine rings is 1. The lowest BCUT2D eigenvalue weighted by atomic mass is 10.00. The Balaban J connectivity index is 1.34. The lowest BCUT2D eigenvalue weighted by Gasteiger charge is -2.25. The predicted octanol–water partition coefficient (Wildman–Crippen LogP) is 3.32. The molecule has 9 heteroatoms. The van der Waals surface area contributed by atoms with Crippen molar-refractivity contribution in [2.45, 2.75) is 25.9 Å². The van der Waals surface area contributed by atoms with Crippen molar-refractivity contribution >= 4 is 15.6 Å². The number of hydrogen-bond donors (Lipinski definition) is 0. The molecule has 0 amide bonds. The van der Waals surface area contributed by atoms with Crippen LogP contribution in [-0.2, 0) is 10.0 Å². The van der Waals surface area contributed by atoms with E-state index in [1.54, 1.807) is 19.9 Å². The first-order valence-electron chi connectivity index (χ1n) is 10.6. The zero-order valence-electron chi connectivity index (χ0n) is 18.1. The molecule has 172 valence electrons. The van der Waals surface area contributed by atoms with Crippen LogP contribution < -0.4 is 4.74 Å². The predicted molar refractivity (Wildman–Crippen MR) is 113 cm³/mol. The molecule has 2 aliphatic heterocycles. The largest absolute Gasteiger partial charge is 0.487 e. The minimum absolute atomic E-state index is 0.191. The third-order valence-electron chi connectivity index (χ3n) is 6.48. The molecule has 1 saturated heterocycles. The maximum atomic E-state index is 14.6. The molecule has 1 aromatic carbocycles. The van der Waals surface area contributed by atoms with Crippen molar-refractivity contribution in [2.24, 2.45) is 17.8 Å². The Bertz CT molecular complexity index is 955. The van der Waals surface area contributed by atoms with Crippen LogP contribution >= 0.6 is 0 Å². The van der Waals surface area contributed by atoms with E-state index in [0.717, 1.165) is 24.9 Å². The van der Waals surface area contributed by atoms with Crippen LogP contribution in [0, 0.1) is 29.4 Å². The third-order valence-corrected chi connectivity index (χ3v) is 7.75. The van der Waals surface area contributed by atoms with Gasteiger partial charge in [-0.3, -0.25) is 4.90 Å². The quantitative estimate of drug-likeness (QED) is 0.629. The van der Waals surface area contributed by atoms with Gasteiger partial charge in [0.05, 0.1) is 12.9 Å². The van der Waals surface area contributed by atoms with Gasteiger partial charge in [-0.2, -0.15) is 4.31 Å². The maximum Gasteiger partial charge on any atom is 0.211 e. The zero-order valence-corrected chi connectivity index (χ0v) is 18.9. The van der Waals surface area contributed by atoms with Crippen LogP contribution in [0.2, 0.25) is 0 Å². The maximum absolute atomic E-state index is 14.6. The Morgan fingerprint density at radius 1 is 1.16 bits per heavy atom. The molecule has 0 N–H and O–H groups in total. The number of benzene rings is 1. The van der Waals surface area contributed by atoms with Crippen LogP contribution in [0.25, 0.3) is 5.57 Å². The fraction of sp³-hybridized carbons (Fsp3) is 0.636. The number of nitrogens with zero attached hydrogens (tertiary/aromatic N) is 2. The standard InChI is InChI=1S/C22H29F3N2O3S/c1-22(2,25)13-26-10-16-17(11-26)18(16)12-30-21-19(23)8-15(9-20(21)24)14-4-6-27(7-5-14)31(3,28)29/h4,8-9,16-18H,5-7,10-13H2,1-3H3/t16-,17?,18?/m1/s1. The molecule has 1 aliphatic carbocycles. The second-order valence-corrected chi connectivity index (χ2v) is 11.6. The Hall–Kier alpha value is -1.58. The van der Waals surface area contributed by atoms with Gasteiger partial charge in [0.15, 0.2) is 17.4 Å². The van der Waals surface area contributed by atoms with Crippen molar-refractivity contribution in [2.75, 3.05) is 45.6 Å². The summed E-state index contributed by atoms with van der Waals surface area (Å²) in [7, 11) is -3.28. The highest BCUT2D eigenvalue weighted by atomic mass is 32.2. The summed E-state index contributed by atoms with van der Waals surface area (Å²) in [4.78, 5) is 2.10. The van der Waals surface area contributed by atoms with E-state index in [1.807, 2.05) is 0 Å². The molecule has 2 heterocycles. The summed E-state index contributed by atoms with van der Waals surface area (Å²) in [5, 5.41) is 0. The molecule has 31 heavy (non-hydrogen) atoms. The molecule has 2 unspecified atom stereocenters. The van der Waals surface area contributed by atoms with Gasteiger partial charge in [-0.1, -0.05) is 6.08 Å². The molecular weight excluding hydrogens is 429 g/mol. The number of ether oxygens (including phenoxy) is 1. The van der Waals surface area contributed by atoms with Crippen molar-refractivity contribution in [3.05, 3.63) is 35.4 Å². The Labute approximate surface area is 181 Å². The molecule has 1 aromatic rings. The fourth-order valence-corrected chi connectivity index (χ4v) is 5.69. The van der Waals surface area contributed by atoms with E-state index in [1.165, 1.54) is 16.4 Å². The smallest absolute Gasteiger partial charge is 0.211 e. The Morgan fingerprint density at radius 3 is 2.26 bits per heavy atom. The van der Waals surface area contributed by atoms with Crippen molar-refractivity contribution in [1.29, 1.82) is 0 Å². The monoisotopic (exact) mass is 458 g/mol. The highest BCUT2D eigenvalue weighted by Crippen LogP contribution is 2.52. The second kappa shape index (κ2) is 8.08. The van der Waals surface area contributed by atoms with E-state index < -0.39 is 27.3 Å². The summed E-state index contributed by atoms with van der Waals surface area (Å²) in [6.45, 7) is 5.86. The molecule has 0 spiro atoms. The normalized spacial score (nSPS) is 27.2. The third kappa shape index (κ3) is 5.09. The molecular formula is C22H29F3N2O3S. The van der Waals surface area contributed by atoms with E-state index in [2.05, 4.69) is 4.90 Å². The average molecular weight is 459 g/mol. The fourth-order valence-electron chi connectivity index (χ4n) is 4.92. The van der Waals surface area contributed by atoms with Gasteiger partial charge in [0.2, 0.25) is 10.0 Å². The van der Waals surface area contributed by atoms with E-state index >= 15 is 0 Å². The summed E-state index contributed by atoms with van der Waals surface area (Å²) in [6.07, 6.45) is 3.23. The lowest BCUT2D eigenvalue weighted by Crippen LogP contribution is -2.36. The summed E-state index contributed by atoms with van der Waals surface area (Å²) >= 11 is 0. The van der Waals surface area contributed by atoms with Gasteiger partial charge in [-0.25, -0.2) is 21.6 Å². The number of fused-ring (bicyclic) bond motifs is 1. The molecule has 3 aliphatic rings. The van der Waals surface area contributed by atoms with Crippen LogP contribution in [0.4, 0.5) is 13.2 Å². The van der Waals surface area contributed by atoms with Gasteiger partial charge in [-0.15, -0.1) is 0 Å². The van der Waals surface area contributed by atoms with Crippen LogP contribution in [0.5, 0.6) is 5.75 Å². The van der Waals surface area contributed by atoms with E-state index in [9.17, 15) is 21.6 Å². The van der Waals surface area contributed by atoms with Crippen molar-refractivity contribution in [1.82, 2.24) is 9.21 Å². The highest BCUT2D eigenvalue weighted by molar-refractivity contribution is 7.88. The molecule has 2 fully saturated rings. The number of hydrogen-bond acceptors (Lipinski definition) is 4. The van der Waals surface area contributed by atoms with Gasteiger partial charge >= 0.3 is 0 Å². The highest BCUT2D eigenvalue weighted by Gasteiger charge is 2.56. The average Bonchev–Trinajstić information content (AvgIpc) is 3.10. The zero-order chi connectivity index (χ0) is 22.6. The van der Waals surface area contributed by atoms with Crippen molar-refractivity contribution in [3.8, 4) is 5.75 Å². The minimum atomic E-state index is -3.28. The van der Waals surface area contributed by atoms with Crippen LogP contribution in [0.3, 0.4) is 0 Å². The molecule has 0 radical (unpaired) electrons. The summed E-state index contributed by atoms with van der Waals surface area (Å²) in [6, 6.07) is 2.50. The number of likely N-dealkylation sites (tertiary alicyclic amines) is 1.